The number of aryl methyl sites for hydroxylation is 2. The van der Waals surface area contributed by atoms with Crippen LogP contribution in [0.25, 0.3) is 0 Å². The van der Waals surface area contributed by atoms with Crippen LogP contribution in [0.3, 0.4) is 0 Å². The number of azo groups is 2. The van der Waals surface area contributed by atoms with Gasteiger partial charge in [0.25, 0.3) is 5.69 Å². The van der Waals surface area contributed by atoms with E-state index in [0.29, 0.717) is 28.2 Å². The zero-order valence-corrected chi connectivity index (χ0v) is 24.3. The monoisotopic (exact) mass is 600 g/mol. The molecule has 15 heteroatoms. The van der Waals surface area contributed by atoms with E-state index in [2.05, 4.69) is 25.0 Å². The molecule has 0 aliphatic carbocycles. The molecular weight excluding hydrogens is 567 g/mol. The summed E-state index contributed by atoms with van der Waals surface area (Å²) in [6.45, 7) is 5.09. The largest absolute Gasteiger partial charge is 0.472 e. The molecule has 0 aliphatic heterocycles. The summed E-state index contributed by atoms with van der Waals surface area (Å²) < 4.78 is 21.3. The van der Waals surface area contributed by atoms with Gasteiger partial charge in [-0.25, -0.2) is 4.57 Å². The van der Waals surface area contributed by atoms with Crippen LogP contribution in [-0.4, -0.2) is 52.9 Å². The van der Waals surface area contributed by atoms with Crippen LogP contribution in [0.15, 0.2) is 75.1 Å². The molecule has 0 fully saturated rings. The van der Waals surface area contributed by atoms with Crippen LogP contribution >= 0.6 is 7.82 Å². The summed E-state index contributed by atoms with van der Waals surface area (Å²) in [5, 5.41) is 47.5. The molecule has 0 spiro atoms. The smallest absolute Gasteiger partial charge is 0.395 e. The zero-order chi connectivity index (χ0) is 30.7. The van der Waals surface area contributed by atoms with Gasteiger partial charge in [0.1, 0.15) is 0 Å². The molecule has 0 saturated carbocycles. The Kier molecular flexibility index (Phi) is 11.9. The van der Waals surface area contributed by atoms with Gasteiger partial charge < -0.3 is 20.0 Å². The van der Waals surface area contributed by atoms with Crippen molar-refractivity contribution in [2.24, 2.45) is 20.5 Å². The van der Waals surface area contributed by atoms with Crippen LogP contribution in [0, 0.1) is 24.0 Å². The standard InChI is InChI=1S/C27H33N6O8P/c1-4-40-42(38,39)41-14-12-32(11-13-34)23-8-6-22(7-9-23)28-31-26-16-20(3)25(17-21(26)18-35)30-29-24-10-5-19(2)15-27(24)33(36)37/h5-10,15-17,34-35H,4,11-14,18H2,1-3H3,(H,38,39). The number of aliphatic hydroxyl groups excluding tert-OH is 2. The molecule has 0 heterocycles. The Bertz CT molecular complexity index is 1480. The van der Waals surface area contributed by atoms with Gasteiger partial charge in [-0.2, -0.15) is 15.3 Å². The summed E-state index contributed by atoms with van der Waals surface area (Å²) in [6, 6.07) is 14.9. The Morgan fingerprint density at radius 1 is 0.905 bits per heavy atom. The fourth-order valence-corrected chi connectivity index (χ4v) is 4.54. The highest BCUT2D eigenvalue weighted by molar-refractivity contribution is 7.47. The number of anilines is 1. The summed E-state index contributed by atoms with van der Waals surface area (Å²) in [5.41, 5.74) is 3.90. The third-order valence-electron chi connectivity index (χ3n) is 5.93. The first-order valence-electron chi connectivity index (χ1n) is 13.0. The maximum absolute atomic E-state index is 11.7. The summed E-state index contributed by atoms with van der Waals surface area (Å²) in [4.78, 5) is 22.2. The van der Waals surface area contributed by atoms with Crippen molar-refractivity contribution in [2.45, 2.75) is 27.4 Å². The highest BCUT2D eigenvalue weighted by atomic mass is 31.2. The second-order valence-corrected chi connectivity index (χ2v) is 10.5. The maximum Gasteiger partial charge on any atom is 0.472 e. The van der Waals surface area contributed by atoms with E-state index in [4.69, 9.17) is 4.52 Å². The van der Waals surface area contributed by atoms with Crippen LogP contribution < -0.4 is 4.90 Å². The molecule has 0 saturated heterocycles. The van der Waals surface area contributed by atoms with Crippen molar-refractivity contribution in [1.29, 1.82) is 0 Å². The maximum atomic E-state index is 11.7. The van der Waals surface area contributed by atoms with E-state index in [0.717, 1.165) is 11.3 Å². The van der Waals surface area contributed by atoms with Gasteiger partial charge in [0.05, 0.1) is 48.4 Å². The summed E-state index contributed by atoms with van der Waals surface area (Å²) in [6.07, 6.45) is 0. The molecule has 224 valence electrons. The fraction of sp³-hybridized carbons (Fsp3) is 0.333. The van der Waals surface area contributed by atoms with Gasteiger partial charge in [0.2, 0.25) is 0 Å². The van der Waals surface area contributed by atoms with Crippen molar-refractivity contribution in [3.05, 3.63) is 81.4 Å². The quantitative estimate of drug-likeness (QED) is 0.0757. The molecule has 0 radical (unpaired) electrons. The first-order valence-corrected chi connectivity index (χ1v) is 14.5. The average molecular weight is 601 g/mol. The van der Waals surface area contributed by atoms with E-state index in [1.54, 1.807) is 68.1 Å². The lowest BCUT2D eigenvalue weighted by Crippen LogP contribution is -2.30. The summed E-state index contributed by atoms with van der Waals surface area (Å²) in [7, 11) is -4.11. The zero-order valence-electron chi connectivity index (χ0n) is 23.5. The van der Waals surface area contributed by atoms with Crippen LogP contribution in [0.1, 0.15) is 23.6 Å². The third kappa shape index (κ3) is 9.31. The number of rotatable bonds is 15. The molecule has 1 unspecified atom stereocenters. The number of hydrogen-bond acceptors (Lipinski definition) is 12. The van der Waals surface area contributed by atoms with Gasteiger partial charge in [-0.1, -0.05) is 6.07 Å². The molecule has 0 aliphatic rings. The number of nitro benzene ring substituents is 1. The van der Waals surface area contributed by atoms with Gasteiger partial charge in [0.15, 0.2) is 5.69 Å². The van der Waals surface area contributed by atoms with Crippen LogP contribution in [-0.2, 0) is 20.2 Å². The molecule has 3 rings (SSSR count). The van der Waals surface area contributed by atoms with E-state index in [1.165, 1.54) is 12.1 Å². The first-order chi connectivity index (χ1) is 20.1. The van der Waals surface area contributed by atoms with E-state index in [9.17, 15) is 29.8 Å². The lowest BCUT2D eigenvalue weighted by atomic mass is 10.1. The molecule has 1 atom stereocenters. The molecule has 3 aromatic rings. The second-order valence-electron chi connectivity index (χ2n) is 9.02. The number of phosphoric acid groups is 1. The van der Waals surface area contributed by atoms with Crippen molar-refractivity contribution >= 4 is 41.9 Å². The van der Waals surface area contributed by atoms with Gasteiger partial charge in [-0.05, 0) is 74.4 Å². The number of hydrogen-bond donors (Lipinski definition) is 3. The highest BCUT2D eigenvalue weighted by Crippen LogP contribution is 2.42. The van der Waals surface area contributed by atoms with Crippen molar-refractivity contribution < 1.29 is 33.6 Å². The molecule has 3 aromatic carbocycles. The number of phosphoric ester groups is 1. The Morgan fingerprint density at radius 2 is 1.60 bits per heavy atom. The molecule has 3 N–H and O–H groups in total. The number of benzene rings is 3. The summed E-state index contributed by atoms with van der Waals surface area (Å²) >= 11 is 0. The van der Waals surface area contributed by atoms with Crippen molar-refractivity contribution in [3.63, 3.8) is 0 Å². The van der Waals surface area contributed by atoms with Crippen molar-refractivity contribution in [3.8, 4) is 0 Å². The normalized spacial score (nSPS) is 13.1. The van der Waals surface area contributed by atoms with Crippen molar-refractivity contribution in [2.75, 3.05) is 37.8 Å². The molecule has 42 heavy (non-hydrogen) atoms. The first kappa shape index (κ1) is 32.6. The van der Waals surface area contributed by atoms with Gasteiger partial charge in [-0.3, -0.25) is 19.2 Å². The topological polar surface area (TPSA) is 192 Å². The Labute approximate surface area is 242 Å². The van der Waals surface area contributed by atoms with Crippen LogP contribution in [0.4, 0.5) is 34.1 Å². The SMILES string of the molecule is CCOP(=O)(O)OCCN(CCO)c1ccc(N=Nc2cc(C)c(N=Nc3ccc(C)cc3[N+](=O)[O-])cc2CO)cc1. The average Bonchev–Trinajstić information content (AvgIpc) is 2.95. The Hall–Kier alpha value is -3.91. The Balaban J connectivity index is 1.74. The van der Waals surface area contributed by atoms with E-state index >= 15 is 0 Å². The molecular formula is C27H33N6O8P. The lowest BCUT2D eigenvalue weighted by Gasteiger charge is -2.24. The minimum atomic E-state index is -4.11. The van der Waals surface area contributed by atoms with Gasteiger partial charge >= 0.3 is 7.82 Å². The lowest BCUT2D eigenvalue weighted by molar-refractivity contribution is -0.384. The minimum absolute atomic E-state index is 0.0413. The second kappa shape index (κ2) is 15.4. The van der Waals surface area contributed by atoms with E-state index in [-0.39, 0.29) is 50.9 Å². The number of nitrogens with zero attached hydrogens (tertiary/aromatic N) is 6. The fourth-order valence-electron chi connectivity index (χ4n) is 3.82. The van der Waals surface area contributed by atoms with Crippen molar-refractivity contribution in [1.82, 2.24) is 0 Å². The summed E-state index contributed by atoms with van der Waals surface area (Å²) in [5.74, 6) is 0. The van der Waals surface area contributed by atoms with E-state index < -0.39 is 12.7 Å². The Morgan fingerprint density at radius 3 is 2.24 bits per heavy atom. The predicted octanol–water partition coefficient (Wildman–Crippen LogP) is 6.49. The number of aliphatic hydroxyl groups is 2. The highest BCUT2D eigenvalue weighted by Gasteiger charge is 2.20. The third-order valence-corrected chi connectivity index (χ3v) is 7.02. The molecule has 0 bridgehead atoms. The minimum Gasteiger partial charge on any atom is -0.395 e. The van der Waals surface area contributed by atoms with Gasteiger partial charge in [-0.15, -0.1) is 5.11 Å². The van der Waals surface area contributed by atoms with Crippen LogP contribution in [0.5, 0.6) is 0 Å². The number of nitro groups is 1. The predicted molar refractivity (Wildman–Crippen MR) is 156 cm³/mol. The molecule has 14 nitrogen and oxygen atoms in total. The van der Waals surface area contributed by atoms with Gasteiger partial charge in [0, 0.05) is 30.4 Å². The van der Waals surface area contributed by atoms with E-state index in [1.807, 2.05) is 0 Å². The van der Waals surface area contributed by atoms with Crippen LogP contribution in [0.2, 0.25) is 0 Å². The molecule has 0 amide bonds. The molecule has 0 aromatic heterocycles.